The van der Waals surface area contributed by atoms with E-state index in [1.807, 2.05) is 20.0 Å². The molecule has 1 aliphatic heterocycles. The number of aliphatic imine (C=N–C) groups is 1. The van der Waals surface area contributed by atoms with Crippen LogP contribution in [0, 0.1) is 17.3 Å². The molecule has 0 N–H and O–H groups in total. The standard InChI is InChI=1S/C10H15N.C2H6/c1-4-10(3)8-5-6-11-7(2)9(8)10;1-2/h5-6,8-9H,4H2,1-3H3;1-2H3. The van der Waals surface area contributed by atoms with Gasteiger partial charge in [-0.15, -0.1) is 0 Å². The average Bonchev–Trinajstić information content (AvgIpc) is 2.79. The average molecular weight is 179 g/mol. The summed E-state index contributed by atoms with van der Waals surface area (Å²) in [6, 6.07) is 0. The molecular formula is C12H21N. The van der Waals surface area contributed by atoms with Gasteiger partial charge in [-0.05, 0) is 24.7 Å². The Labute approximate surface area is 82.0 Å². The minimum absolute atomic E-state index is 0.542. The van der Waals surface area contributed by atoms with Gasteiger partial charge in [0.2, 0.25) is 0 Å². The van der Waals surface area contributed by atoms with Crippen molar-refractivity contribution >= 4 is 5.71 Å². The maximum Gasteiger partial charge on any atom is 0.0230 e. The fourth-order valence-electron chi connectivity index (χ4n) is 2.46. The van der Waals surface area contributed by atoms with Crippen LogP contribution < -0.4 is 0 Å². The molecule has 74 valence electrons. The monoisotopic (exact) mass is 179 g/mol. The Balaban J connectivity index is 0.000000396. The number of hydrogen-bond acceptors (Lipinski definition) is 1. The summed E-state index contributed by atoms with van der Waals surface area (Å²) in [7, 11) is 0. The van der Waals surface area contributed by atoms with Gasteiger partial charge in [0.15, 0.2) is 0 Å². The lowest BCUT2D eigenvalue weighted by Gasteiger charge is -2.04. The van der Waals surface area contributed by atoms with Crippen LogP contribution in [-0.4, -0.2) is 5.71 Å². The lowest BCUT2D eigenvalue weighted by atomic mass is 10.0. The molecule has 1 aliphatic carbocycles. The number of nitrogens with zero attached hydrogens (tertiary/aromatic N) is 1. The van der Waals surface area contributed by atoms with Crippen LogP contribution in [0.1, 0.15) is 41.0 Å². The van der Waals surface area contributed by atoms with Gasteiger partial charge in [0, 0.05) is 17.8 Å². The number of rotatable bonds is 1. The summed E-state index contributed by atoms with van der Waals surface area (Å²) in [5.41, 5.74) is 1.88. The number of hydrogen-bond donors (Lipinski definition) is 0. The van der Waals surface area contributed by atoms with E-state index in [0.29, 0.717) is 5.41 Å². The van der Waals surface area contributed by atoms with Gasteiger partial charge in [0.1, 0.15) is 0 Å². The summed E-state index contributed by atoms with van der Waals surface area (Å²) in [4.78, 5) is 4.33. The first kappa shape index (κ1) is 10.5. The first-order chi connectivity index (χ1) is 6.20. The Hall–Kier alpha value is -0.590. The SMILES string of the molecule is CC.CCC1(C)C2C=CN=C(C)C21. The van der Waals surface area contributed by atoms with Crippen LogP contribution in [0.2, 0.25) is 0 Å². The van der Waals surface area contributed by atoms with Crippen molar-refractivity contribution in [2.75, 3.05) is 0 Å². The molecule has 3 atom stereocenters. The van der Waals surface area contributed by atoms with Gasteiger partial charge in [-0.2, -0.15) is 0 Å². The van der Waals surface area contributed by atoms with Crippen LogP contribution in [0.15, 0.2) is 17.3 Å². The van der Waals surface area contributed by atoms with Gasteiger partial charge < -0.3 is 0 Å². The predicted molar refractivity (Wildman–Crippen MR) is 59.0 cm³/mol. The molecule has 0 saturated heterocycles. The van der Waals surface area contributed by atoms with E-state index in [9.17, 15) is 0 Å². The highest BCUT2D eigenvalue weighted by atomic mass is 14.8. The second kappa shape index (κ2) is 3.65. The second-order valence-corrected chi connectivity index (χ2v) is 3.97. The highest BCUT2D eigenvalue weighted by molar-refractivity contribution is 5.90. The van der Waals surface area contributed by atoms with Crippen LogP contribution in [0.25, 0.3) is 0 Å². The van der Waals surface area contributed by atoms with Gasteiger partial charge in [-0.25, -0.2) is 0 Å². The van der Waals surface area contributed by atoms with Gasteiger partial charge in [0.05, 0.1) is 0 Å². The van der Waals surface area contributed by atoms with Crippen molar-refractivity contribution in [2.24, 2.45) is 22.2 Å². The zero-order chi connectivity index (χ0) is 10.1. The molecule has 1 fully saturated rings. The fraction of sp³-hybridized carbons (Fsp3) is 0.750. The summed E-state index contributed by atoms with van der Waals surface area (Å²) in [5, 5.41) is 0. The van der Waals surface area contributed by atoms with E-state index >= 15 is 0 Å². The first-order valence-corrected chi connectivity index (χ1v) is 5.41. The Kier molecular flexibility index (Phi) is 2.94. The molecule has 13 heavy (non-hydrogen) atoms. The zero-order valence-electron chi connectivity index (χ0n) is 9.46. The molecule has 0 radical (unpaired) electrons. The van der Waals surface area contributed by atoms with Crippen molar-refractivity contribution in [1.29, 1.82) is 0 Å². The predicted octanol–water partition coefficient (Wildman–Crippen LogP) is 3.66. The zero-order valence-corrected chi connectivity index (χ0v) is 9.46. The lowest BCUT2D eigenvalue weighted by molar-refractivity contribution is 0.505. The van der Waals surface area contributed by atoms with E-state index in [2.05, 4.69) is 31.8 Å². The molecular weight excluding hydrogens is 158 g/mol. The van der Waals surface area contributed by atoms with Gasteiger partial charge in [-0.3, -0.25) is 4.99 Å². The van der Waals surface area contributed by atoms with Crippen molar-refractivity contribution < 1.29 is 0 Å². The van der Waals surface area contributed by atoms with Crippen LogP contribution >= 0.6 is 0 Å². The molecule has 3 unspecified atom stereocenters. The number of fused-ring (bicyclic) bond motifs is 1. The maximum atomic E-state index is 4.33. The van der Waals surface area contributed by atoms with E-state index in [1.165, 1.54) is 12.1 Å². The molecule has 0 amide bonds. The molecule has 1 heterocycles. The van der Waals surface area contributed by atoms with Crippen LogP contribution in [0.5, 0.6) is 0 Å². The minimum Gasteiger partial charge on any atom is -0.266 e. The van der Waals surface area contributed by atoms with Gasteiger partial charge >= 0.3 is 0 Å². The molecule has 0 aromatic rings. The fourth-order valence-corrected chi connectivity index (χ4v) is 2.46. The topological polar surface area (TPSA) is 12.4 Å². The summed E-state index contributed by atoms with van der Waals surface area (Å²) >= 11 is 0. The molecule has 1 nitrogen and oxygen atoms in total. The van der Waals surface area contributed by atoms with Gasteiger partial charge in [0.25, 0.3) is 0 Å². The van der Waals surface area contributed by atoms with Crippen LogP contribution in [-0.2, 0) is 0 Å². The van der Waals surface area contributed by atoms with Gasteiger partial charge in [-0.1, -0.05) is 33.8 Å². The van der Waals surface area contributed by atoms with Crippen molar-refractivity contribution in [3.8, 4) is 0 Å². The molecule has 1 saturated carbocycles. The van der Waals surface area contributed by atoms with E-state index in [-0.39, 0.29) is 0 Å². The largest absolute Gasteiger partial charge is 0.266 e. The lowest BCUT2D eigenvalue weighted by Crippen LogP contribution is -2.03. The third-order valence-corrected chi connectivity index (χ3v) is 3.51. The minimum atomic E-state index is 0.542. The van der Waals surface area contributed by atoms with Crippen molar-refractivity contribution in [3.05, 3.63) is 12.3 Å². The first-order valence-electron chi connectivity index (χ1n) is 5.41. The van der Waals surface area contributed by atoms with E-state index in [1.54, 1.807) is 0 Å². The van der Waals surface area contributed by atoms with Crippen LogP contribution in [0.3, 0.4) is 0 Å². The highest BCUT2D eigenvalue weighted by Crippen LogP contribution is 2.63. The molecule has 0 spiro atoms. The van der Waals surface area contributed by atoms with Crippen molar-refractivity contribution in [3.63, 3.8) is 0 Å². The summed E-state index contributed by atoms with van der Waals surface area (Å²) in [5.74, 6) is 1.56. The van der Waals surface area contributed by atoms with E-state index in [0.717, 1.165) is 11.8 Å². The van der Waals surface area contributed by atoms with Crippen LogP contribution in [0.4, 0.5) is 0 Å². The third-order valence-electron chi connectivity index (χ3n) is 3.51. The second-order valence-electron chi connectivity index (χ2n) is 3.97. The van der Waals surface area contributed by atoms with E-state index < -0.39 is 0 Å². The van der Waals surface area contributed by atoms with E-state index in [4.69, 9.17) is 0 Å². The summed E-state index contributed by atoms with van der Waals surface area (Å²) in [6.45, 7) is 10.8. The summed E-state index contributed by atoms with van der Waals surface area (Å²) < 4.78 is 0. The molecule has 0 bridgehead atoms. The Bertz CT molecular complexity index is 240. The van der Waals surface area contributed by atoms with Crippen molar-refractivity contribution in [2.45, 2.75) is 41.0 Å². The molecule has 2 rings (SSSR count). The highest BCUT2D eigenvalue weighted by Gasteiger charge is 2.60. The smallest absolute Gasteiger partial charge is 0.0230 e. The Morgan fingerprint density at radius 1 is 1.46 bits per heavy atom. The Morgan fingerprint density at radius 3 is 2.54 bits per heavy atom. The van der Waals surface area contributed by atoms with Crippen molar-refractivity contribution in [1.82, 2.24) is 0 Å². The normalized spacial score (nSPS) is 39.9. The molecule has 0 aromatic carbocycles. The molecule has 2 aliphatic rings. The Morgan fingerprint density at radius 2 is 2.08 bits per heavy atom. The maximum absolute atomic E-state index is 4.33. The third kappa shape index (κ3) is 1.45. The quantitative estimate of drug-likeness (QED) is 0.582. The number of allylic oxidation sites excluding steroid dienone is 1. The summed E-state index contributed by atoms with van der Waals surface area (Å²) in [6.07, 6.45) is 5.51. The molecule has 1 heteroatoms. The molecule has 0 aromatic heterocycles.